The first-order valence-electron chi connectivity index (χ1n) is 13.0. The third-order valence-electron chi connectivity index (χ3n) is 7.65. The normalized spacial score (nSPS) is 20.2. The van der Waals surface area contributed by atoms with Gasteiger partial charge in [-0.3, -0.25) is 14.4 Å². The van der Waals surface area contributed by atoms with Crippen molar-refractivity contribution in [3.8, 4) is 11.3 Å². The first-order chi connectivity index (χ1) is 18.0. The highest BCUT2D eigenvalue weighted by Gasteiger charge is 2.37. The number of carbonyl (C=O) groups excluding carboxylic acids is 2. The zero-order valence-electron chi connectivity index (χ0n) is 21.9. The van der Waals surface area contributed by atoms with Crippen molar-refractivity contribution < 1.29 is 23.9 Å². The lowest BCUT2D eigenvalue weighted by molar-refractivity contribution is -0.142. The summed E-state index contributed by atoms with van der Waals surface area (Å²) in [6.07, 6.45) is 1.54. The first kappa shape index (κ1) is 26.2. The third kappa shape index (κ3) is 5.14. The van der Waals surface area contributed by atoms with Gasteiger partial charge in [-0.25, -0.2) is 4.98 Å². The van der Waals surface area contributed by atoms with Crippen molar-refractivity contribution in [2.75, 3.05) is 26.2 Å². The molecule has 3 aromatic rings. The molecule has 2 fully saturated rings. The summed E-state index contributed by atoms with van der Waals surface area (Å²) in [4.78, 5) is 45.8. The number of aromatic nitrogens is 1. The van der Waals surface area contributed by atoms with Crippen LogP contribution in [0.2, 0.25) is 5.02 Å². The largest absolute Gasteiger partial charge is 0.481 e. The Morgan fingerprint density at radius 1 is 0.974 bits per heavy atom. The smallest absolute Gasteiger partial charge is 0.306 e. The highest BCUT2D eigenvalue weighted by atomic mass is 35.5. The molecule has 8 nitrogen and oxygen atoms in total. The average molecular weight is 538 g/mol. The average Bonchev–Trinajstić information content (AvgIpc) is 3.55. The summed E-state index contributed by atoms with van der Waals surface area (Å²) < 4.78 is 6.13. The van der Waals surface area contributed by atoms with E-state index < -0.39 is 11.9 Å². The molecule has 1 N–H and O–H groups in total. The Balaban J connectivity index is 1.33. The second-order valence-electron chi connectivity index (χ2n) is 11.3. The minimum absolute atomic E-state index is 0.00154. The number of fused-ring (bicyclic) bond motifs is 1. The van der Waals surface area contributed by atoms with Gasteiger partial charge in [0, 0.05) is 54.3 Å². The molecule has 200 valence electrons. The van der Waals surface area contributed by atoms with Crippen LogP contribution in [0.25, 0.3) is 22.4 Å². The molecule has 0 spiro atoms. The highest BCUT2D eigenvalue weighted by Crippen LogP contribution is 2.36. The van der Waals surface area contributed by atoms with Gasteiger partial charge >= 0.3 is 5.97 Å². The van der Waals surface area contributed by atoms with E-state index in [-0.39, 0.29) is 28.9 Å². The predicted molar refractivity (Wildman–Crippen MR) is 144 cm³/mol. The van der Waals surface area contributed by atoms with E-state index in [0.717, 1.165) is 16.8 Å². The van der Waals surface area contributed by atoms with Crippen LogP contribution in [0.4, 0.5) is 0 Å². The molecule has 1 saturated carbocycles. The Morgan fingerprint density at radius 2 is 1.61 bits per heavy atom. The lowest BCUT2D eigenvalue weighted by atomic mass is 9.86. The van der Waals surface area contributed by atoms with Crippen molar-refractivity contribution in [2.45, 2.75) is 45.4 Å². The second-order valence-corrected chi connectivity index (χ2v) is 11.7. The predicted octanol–water partition coefficient (Wildman–Crippen LogP) is 5.23. The Bertz CT molecular complexity index is 1380. The number of carboxylic acid groups (broad SMARTS) is 1. The minimum Gasteiger partial charge on any atom is -0.481 e. The van der Waals surface area contributed by atoms with E-state index >= 15 is 0 Å². The lowest BCUT2D eigenvalue weighted by Gasteiger charge is -2.35. The number of furan rings is 1. The Morgan fingerprint density at radius 3 is 2.21 bits per heavy atom. The number of carboxylic acids is 1. The number of aliphatic carboxylic acids is 1. The van der Waals surface area contributed by atoms with E-state index in [1.54, 1.807) is 15.9 Å². The van der Waals surface area contributed by atoms with Crippen LogP contribution in [0, 0.1) is 11.8 Å². The maximum absolute atomic E-state index is 13.4. The molecule has 0 bridgehead atoms. The lowest BCUT2D eigenvalue weighted by Crippen LogP contribution is -2.51. The summed E-state index contributed by atoms with van der Waals surface area (Å²) in [5.74, 6) is -1.51. The fourth-order valence-corrected chi connectivity index (χ4v) is 5.55. The molecule has 5 rings (SSSR count). The molecule has 38 heavy (non-hydrogen) atoms. The van der Waals surface area contributed by atoms with Gasteiger partial charge in [0.1, 0.15) is 5.52 Å². The van der Waals surface area contributed by atoms with Gasteiger partial charge < -0.3 is 19.3 Å². The molecular weight excluding hydrogens is 506 g/mol. The third-order valence-corrected chi connectivity index (χ3v) is 7.90. The van der Waals surface area contributed by atoms with Gasteiger partial charge in [-0.1, -0.05) is 44.5 Å². The molecule has 2 amide bonds. The maximum atomic E-state index is 13.4. The Kier molecular flexibility index (Phi) is 6.94. The molecule has 0 radical (unpaired) electrons. The number of halogens is 1. The van der Waals surface area contributed by atoms with Crippen LogP contribution in [0.1, 0.15) is 56.2 Å². The van der Waals surface area contributed by atoms with Gasteiger partial charge in [-0.2, -0.15) is 0 Å². The van der Waals surface area contributed by atoms with E-state index in [9.17, 15) is 19.5 Å². The van der Waals surface area contributed by atoms with Crippen molar-refractivity contribution in [1.29, 1.82) is 0 Å². The topological polar surface area (TPSA) is 104 Å². The summed E-state index contributed by atoms with van der Waals surface area (Å²) in [6, 6.07) is 11.2. The monoisotopic (exact) mass is 537 g/mol. The van der Waals surface area contributed by atoms with Crippen LogP contribution in [-0.2, 0) is 15.0 Å². The fourth-order valence-electron chi connectivity index (χ4n) is 5.43. The van der Waals surface area contributed by atoms with Crippen molar-refractivity contribution in [2.24, 2.45) is 11.8 Å². The van der Waals surface area contributed by atoms with E-state index in [1.165, 1.54) is 0 Å². The van der Waals surface area contributed by atoms with E-state index in [4.69, 9.17) is 21.0 Å². The van der Waals surface area contributed by atoms with Crippen LogP contribution in [-0.4, -0.2) is 63.9 Å². The van der Waals surface area contributed by atoms with Crippen molar-refractivity contribution in [3.05, 3.63) is 52.7 Å². The molecule has 1 aliphatic carbocycles. The van der Waals surface area contributed by atoms with Gasteiger partial charge in [0.2, 0.25) is 5.91 Å². The molecule has 1 aromatic carbocycles. The zero-order valence-corrected chi connectivity index (χ0v) is 22.6. The van der Waals surface area contributed by atoms with Crippen LogP contribution >= 0.6 is 11.6 Å². The molecular formula is C29H32ClN3O5. The van der Waals surface area contributed by atoms with Gasteiger partial charge in [0.15, 0.2) is 11.3 Å². The summed E-state index contributed by atoms with van der Waals surface area (Å²) in [7, 11) is 0. The van der Waals surface area contributed by atoms with Crippen LogP contribution in [0.15, 0.2) is 40.8 Å². The van der Waals surface area contributed by atoms with Gasteiger partial charge in [0.05, 0.1) is 11.6 Å². The van der Waals surface area contributed by atoms with Crippen LogP contribution < -0.4 is 0 Å². The molecule has 9 heteroatoms. The number of hydrogen-bond donors (Lipinski definition) is 1. The maximum Gasteiger partial charge on any atom is 0.306 e. The Hall–Kier alpha value is -3.39. The fraction of sp³-hybridized carbons (Fsp3) is 0.448. The number of amides is 2. The van der Waals surface area contributed by atoms with Crippen LogP contribution in [0.5, 0.6) is 0 Å². The van der Waals surface area contributed by atoms with Gasteiger partial charge in [-0.15, -0.1) is 0 Å². The summed E-state index contributed by atoms with van der Waals surface area (Å²) >= 11 is 6.07. The molecule has 2 aromatic heterocycles. The Labute approximate surface area is 226 Å². The minimum atomic E-state index is -0.828. The number of rotatable bonds is 4. The zero-order chi connectivity index (χ0) is 27.2. The molecule has 3 heterocycles. The van der Waals surface area contributed by atoms with E-state index in [0.29, 0.717) is 61.6 Å². The molecule has 1 aliphatic heterocycles. The van der Waals surface area contributed by atoms with E-state index in [2.05, 4.69) is 20.8 Å². The number of pyridine rings is 1. The number of carbonyl (C=O) groups is 3. The number of nitrogens with zero attached hydrogens (tertiary/aromatic N) is 3. The van der Waals surface area contributed by atoms with Crippen molar-refractivity contribution in [3.63, 3.8) is 0 Å². The standard InChI is InChI=1S/C29H32ClN3O5/c1-29(2,3)21-15-22(17-6-8-20(30)9-7-17)31-23-16-24(38-25(21)23)27(35)33-12-10-32(11-13-33)26(34)18-4-5-19(14-18)28(36)37/h6-9,15-16,18-19H,4-5,10-14H2,1-3H3,(H,36,37)/t18-,19+/m1/s1. The first-order valence-corrected chi connectivity index (χ1v) is 13.4. The summed E-state index contributed by atoms with van der Waals surface area (Å²) in [5, 5.41) is 9.89. The summed E-state index contributed by atoms with van der Waals surface area (Å²) in [6.45, 7) is 7.92. The molecule has 0 unspecified atom stereocenters. The highest BCUT2D eigenvalue weighted by molar-refractivity contribution is 6.30. The van der Waals surface area contributed by atoms with Gasteiger partial charge in [0.25, 0.3) is 5.91 Å². The van der Waals surface area contributed by atoms with Gasteiger partial charge in [-0.05, 0) is 42.9 Å². The molecule has 2 atom stereocenters. The van der Waals surface area contributed by atoms with Crippen molar-refractivity contribution >= 4 is 40.5 Å². The van der Waals surface area contributed by atoms with Crippen LogP contribution in [0.3, 0.4) is 0 Å². The number of benzene rings is 1. The molecule has 2 aliphatic rings. The summed E-state index contributed by atoms with van der Waals surface area (Å²) in [5.41, 5.74) is 3.64. The number of piperazine rings is 1. The second kappa shape index (κ2) is 10.1. The SMILES string of the molecule is CC(C)(C)c1cc(-c2ccc(Cl)cc2)nc2cc(C(=O)N3CCN(C(=O)[C@@H]4CC[C@H](C(=O)O)C4)CC3)oc12. The molecule has 1 saturated heterocycles. The number of hydrogen-bond acceptors (Lipinski definition) is 5. The quantitative estimate of drug-likeness (QED) is 0.488. The van der Waals surface area contributed by atoms with Crippen molar-refractivity contribution in [1.82, 2.24) is 14.8 Å². The van der Waals surface area contributed by atoms with E-state index in [1.807, 2.05) is 30.3 Å².